The molecule has 0 radical (unpaired) electrons. The molecule has 1 aromatic rings. The highest BCUT2D eigenvalue weighted by atomic mass is 16.7. The Hall–Kier alpha value is -2.24. The number of primary amides is 1. The number of carboxylic acid groups (broad SMARTS) is 1. The second kappa shape index (κ2) is 4.13. The van der Waals surface area contributed by atoms with Crippen molar-refractivity contribution in [3.8, 4) is 0 Å². The van der Waals surface area contributed by atoms with Crippen molar-refractivity contribution in [2.24, 2.45) is 5.73 Å². The van der Waals surface area contributed by atoms with Crippen molar-refractivity contribution in [3.05, 3.63) is 30.3 Å². The van der Waals surface area contributed by atoms with E-state index in [1.165, 1.54) is 12.1 Å². The number of para-hydroxylation sites is 1. The minimum Gasteiger partial charge on any atom is -0.463 e. The van der Waals surface area contributed by atoms with E-state index in [0.29, 0.717) is 5.06 Å². The summed E-state index contributed by atoms with van der Waals surface area (Å²) in [5.74, 6) is 0. The zero-order chi connectivity index (χ0) is 10.6. The number of nitrogens with zero attached hydrogens (tertiary/aromatic N) is 1. The molecule has 2 amide bonds. The summed E-state index contributed by atoms with van der Waals surface area (Å²) in [5.41, 5.74) is 4.91. The normalized spacial score (nSPS) is 9.14. The van der Waals surface area contributed by atoms with Gasteiger partial charge >= 0.3 is 12.2 Å². The second-order valence-electron chi connectivity index (χ2n) is 2.32. The SMILES string of the molecule is NC(=O)ON(C(=O)O)c1ccccc1. The molecule has 6 heteroatoms. The van der Waals surface area contributed by atoms with Crippen LogP contribution in [0.3, 0.4) is 0 Å². The maximum absolute atomic E-state index is 10.6. The van der Waals surface area contributed by atoms with Crippen molar-refractivity contribution in [1.29, 1.82) is 0 Å². The number of hydroxylamine groups is 1. The molecule has 0 spiro atoms. The average Bonchev–Trinajstić information content (AvgIpc) is 2.15. The number of anilines is 1. The first-order valence-electron chi connectivity index (χ1n) is 3.67. The Morgan fingerprint density at radius 1 is 1.29 bits per heavy atom. The van der Waals surface area contributed by atoms with E-state index in [0.717, 1.165) is 0 Å². The molecule has 0 unspecified atom stereocenters. The zero-order valence-electron chi connectivity index (χ0n) is 7.08. The Bertz CT molecular complexity index is 338. The number of amides is 2. The molecule has 74 valence electrons. The molecular formula is C8H8N2O4. The predicted octanol–water partition coefficient (Wildman–Crippen LogP) is 1.18. The van der Waals surface area contributed by atoms with Gasteiger partial charge < -0.3 is 15.7 Å². The minimum atomic E-state index is -1.42. The molecule has 3 N–H and O–H groups in total. The van der Waals surface area contributed by atoms with Gasteiger partial charge in [0.25, 0.3) is 0 Å². The van der Waals surface area contributed by atoms with Crippen LogP contribution >= 0.6 is 0 Å². The maximum Gasteiger partial charge on any atom is 0.445 e. The van der Waals surface area contributed by atoms with Crippen molar-refractivity contribution >= 4 is 17.9 Å². The van der Waals surface area contributed by atoms with E-state index < -0.39 is 12.2 Å². The molecule has 6 nitrogen and oxygen atoms in total. The number of carbonyl (C=O) groups is 2. The van der Waals surface area contributed by atoms with Crippen molar-refractivity contribution in [3.63, 3.8) is 0 Å². The summed E-state index contributed by atoms with van der Waals surface area (Å²) in [6.07, 6.45) is -2.61. The Kier molecular flexibility index (Phi) is 2.90. The number of carbonyl (C=O) groups excluding carboxylic acids is 1. The minimum absolute atomic E-state index is 0.207. The number of benzene rings is 1. The summed E-state index contributed by atoms with van der Waals surface area (Å²) in [5, 5.41) is 9.06. The Morgan fingerprint density at radius 2 is 1.86 bits per heavy atom. The first kappa shape index (κ1) is 9.85. The molecule has 0 fully saturated rings. The van der Waals surface area contributed by atoms with Crippen LogP contribution in [-0.2, 0) is 4.84 Å². The van der Waals surface area contributed by atoms with E-state index in [2.05, 4.69) is 4.84 Å². The second-order valence-corrected chi connectivity index (χ2v) is 2.32. The van der Waals surface area contributed by atoms with E-state index in [1.54, 1.807) is 18.2 Å². The first-order chi connectivity index (χ1) is 6.61. The van der Waals surface area contributed by atoms with Gasteiger partial charge in [-0.2, -0.15) is 0 Å². The van der Waals surface area contributed by atoms with Gasteiger partial charge in [-0.1, -0.05) is 18.2 Å². The van der Waals surface area contributed by atoms with E-state index in [-0.39, 0.29) is 5.69 Å². The molecule has 1 rings (SSSR count). The van der Waals surface area contributed by atoms with Gasteiger partial charge in [0.2, 0.25) is 0 Å². The predicted molar refractivity (Wildman–Crippen MR) is 47.6 cm³/mol. The van der Waals surface area contributed by atoms with Crippen LogP contribution in [0.5, 0.6) is 0 Å². The van der Waals surface area contributed by atoms with Gasteiger partial charge in [0.05, 0.1) is 5.69 Å². The summed E-state index contributed by atoms with van der Waals surface area (Å²) in [7, 11) is 0. The number of hydrogen-bond acceptors (Lipinski definition) is 3. The van der Waals surface area contributed by atoms with Gasteiger partial charge in [-0.05, 0) is 12.1 Å². The molecule has 0 saturated carbocycles. The van der Waals surface area contributed by atoms with Gasteiger partial charge in [0, 0.05) is 0 Å². The van der Waals surface area contributed by atoms with Crippen molar-refractivity contribution < 1.29 is 19.5 Å². The topological polar surface area (TPSA) is 92.9 Å². The fraction of sp³-hybridized carbons (Fsp3) is 0. The Balaban J connectivity index is 2.89. The van der Waals surface area contributed by atoms with Crippen molar-refractivity contribution in [2.45, 2.75) is 0 Å². The lowest BCUT2D eigenvalue weighted by molar-refractivity contribution is 0.124. The quantitative estimate of drug-likeness (QED) is 0.659. The third-order valence-corrected chi connectivity index (χ3v) is 1.35. The fourth-order valence-corrected chi connectivity index (χ4v) is 0.856. The van der Waals surface area contributed by atoms with Crippen molar-refractivity contribution in [1.82, 2.24) is 0 Å². The van der Waals surface area contributed by atoms with Crippen LogP contribution in [0.1, 0.15) is 0 Å². The summed E-state index contributed by atoms with van der Waals surface area (Å²) in [4.78, 5) is 25.3. The van der Waals surface area contributed by atoms with Gasteiger partial charge in [0.1, 0.15) is 0 Å². The van der Waals surface area contributed by atoms with E-state index in [1.807, 2.05) is 0 Å². The van der Waals surface area contributed by atoms with Crippen LogP contribution in [-0.4, -0.2) is 17.3 Å². The largest absolute Gasteiger partial charge is 0.463 e. The van der Waals surface area contributed by atoms with E-state index in [4.69, 9.17) is 10.8 Å². The summed E-state index contributed by atoms with van der Waals surface area (Å²) in [6, 6.07) is 7.85. The maximum atomic E-state index is 10.6. The molecule has 0 saturated heterocycles. The molecular weight excluding hydrogens is 188 g/mol. The molecule has 0 aromatic heterocycles. The molecule has 0 aliphatic heterocycles. The lowest BCUT2D eigenvalue weighted by Crippen LogP contribution is -2.34. The van der Waals surface area contributed by atoms with Crippen LogP contribution in [0, 0.1) is 0 Å². The van der Waals surface area contributed by atoms with E-state index in [9.17, 15) is 9.59 Å². The fourth-order valence-electron chi connectivity index (χ4n) is 0.856. The van der Waals surface area contributed by atoms with Crippen LogP contribution in [0.25, 0.3) is 0 Å². The number of rotatable bonds is 1. The molecule has 0 aliphatic rings. The Morgan fingerprint density at radius 3 is 2.29 bits per heavy atom. The molecule has 14 heavy (non-hydrogen) atoms. The first-order valence-corrected chi connectivity index (χ1v) is 3.67. The third kappa shape index (κ3) is 2.37. The highest BCUT2D eigenvalue weighted by Gasteiger charge is 2.17. The summed E-state index contributed by atoms with van der Waals surface area (Å²) >= 11 is 0. The van der Waals surface area contributed by atoms with Gasteiger partial charge in [-0.15, -0.1) is 5.06 Å². The smallest absolute Gasteiger partial charge is 0.445 e. The zero-order valence-corrected chi connectivity index (χ0v) is 7.08. The number of hydrogen-bond donors (Lipinski definition) is 2. The summed E-state index contributed by atoms with van der Waals surface area (Å²) in [6.45, 7) is 0. The van der Waals surface area contributed by atoms with Crippen LogP contribution in [0.15, 0.2) is 30.3 Å². The van der Waals surface area contributed by atoms with Crippen LogP contribution in [0.4, 0.5) is 15.3 Å². The molecule has 1 aromatic carbocycles. The number of nitrogens with two attached hydrogens (primary N) is 1. The van der Waals surface area contributed by atoms with Crippen molar-refractivity contribution in [2.75, 3.05) is 5.06 Å². The lowest BCUT2D eigenvalue weighted by Gasteiger charge is -2.15. The lowest BCUT2D eigenvalue weighted by atomic mass is 10.3. The molecule has 0 atom stereocenters. The molecule has 0 aliphatic carbocycles. The van der Waals surface area contributed by atoms with Gasteiger partial charge in [-0.25, -0.2) is 9.59 Å². The third-order valence-electron chi connectivity index (χ3n) is 1.35. The van der Waals surface area contributed by atoms with Crippen LogP contribution in [0.2, 0.25) is 0 Å². The standard InChI is InChI=1S/C8H8N2O4/c9-7(11)14-10(8(12)13)6-4-2-1-3-5-6/h1-5H,(H2,9,11)(H,12,13). The molecule has 0 bridgehead atoms. The molecule has 0 heterocycles. The Labute approximate surface area is 79.4 Å². The van der Waals surface area contributed by atoms with E-state index >= 15 is 0 Å². The average molecular weight is 196 g/mol. The summed E-state index contributed by atoms with van der Waals surface area (Å²) < 4.78 is 0. The highest BCUT2D eigenvalue weighted by Crippen LogP contribution is 2.13. The monoisotopic (exact) mass is 196 g/mol. The van der Waals surface area contributed by atoms with Crippen LogP contribution < -0.4 is 10.8 Å². The highest BCUT2D eigenvalue weighted by molar-refractivity contribution is 5.86. The van der Waals surface area contributed by atoms with Gasteiger partial charge in [-0.3, -0.25) is 0 Å². The van der Waals surface area contributed by atoms with Gasteiger partial charge in [0.15, 0.2) is 0 Å².